The third-order valence-corrected chi connectivity index (χ3v) is 20.0. The molecule has 2 fully saturated rings. The minimum atomic E-state index is -1.66. The summed E-state index contributed by atoms with van der Waals surface area (Å²) >= 11 is 1.70. The number of aromatic nitrogens is 1. The molecule has 3 heterocycles. The molecule has 0 aliphatic carbocycles. The lowest BCUT2D eigenvalue weighted by Crippen LogP contribution is -2.59. The minimum absolute atomic E-state index is 0.0380. The Morgan fingerprint density at radius 1 is 0.596 bits per heavy atom. The number of Topliss-reactive ketones (excluding diaryl/α,β-unsaturated/α-hetero) is 2. The van der Waals surface area contributed by atoms with Crippen LogP contribution in [0.3, 0.4) is 0 Å². The second kappa shape index (κ2) is 34.7. The number of ether oxygens (including phenoxy) is 1. The summed E-state index contributed by atoms with van der Waals surface area (Å²) in [5.74, 6) is -6.54. The monoisotopic (exact) mass is 1360 g/mol. The molecular formula is C78H92N8O12S. The van der Waals surface area contributed by atoms with Gasteiger partial charge in [0.2, 0.25) is 35.4 Å². The molecule has 2 aliphatic rings. The van der Waals surface area contributed by atoms with Crippen LogP contribution in [0.4, 0.5) is 4.79 Å². The summed E-state index contributed by atoms with van der Waals surface area (Å²) in [7, 11) is 1.40. The van der Waals surface area contributed by atoms with Gasteiger partial charge in [-0.05, 0) is 105 Å². The van der Waals surface area contributed by atoms with E-state index in [2.05, 4.69) is 62.6 Å². The molecule has 0 bridgehead atoms. The maximum Gasteiger partial charge on any atom is 0.407 e. The van der Waals surface area contributed by atoms with Crippen LogP contribution in [-0.2, 0) is 67.1 Å². The van der Waals surface area contributed by atoms with Crippen molar-refractivity contribution in [2.45, 2.75) is 139 Å². The Balaban J connectivity index is 0.981. The number of aliphatic hydroxyl groups excluding tert-OH is 1. The highest BCUT2D eigenvalue weighted by Crippen LogP contribution is 2.48. The number of H-pyrrole nitrogens is 1. The Labute approximate surface area is 583 Å². The van der Waals surface area contributed by atoms with Gasteiger partial charge in [-0.25, -0.2) is 4.79 Å². The molecule has 2 saturated heterocycles. The number of unbranched alkanes of at least 4 members (excludes halogenated alkanes) is 1. The van der Waals surface area contributed by atoms with E-state index in [1.807, 2.05) is 78.9 Å². The second-order valence-corrected chi connectivity index (χ2v) is 28.1. The number of carbonyl (C=O) groups is 9. The first-order valence-electron chi connectivity index (χ1n) is 34.2. The SMILES string of the molecule is C[C@@H](O)[C@@H]1NC(=O)[C@H](CCCCNC(=O)OC(C)(C)C)CC(=O)[C@@H](Cc2c[nH]c3ccccc23)NC(=O)[C@H](Cc2ccc(O)cc2)CC(=O)[C@H](CCC(=O)N2CCN(C(=O)CCSC(c3ccccc3)(c3ccccc3)c3ccccc3)CC2)N(C)C(=O)[C@H](Cc2ccccc2)NC1=O. The number of hydrogen-bond acceptors (Lipinski definition) is 13. The lowest BCUT2D eigenvalue weighted by Gasteiger charge is -2.37. The number of thioether (sulfide) groups is 1. The number of piperazine rings is 1. The maximum absolute atomic E-state index is 15.6. The Morgan fingerprint density at radius 2 is 1.12 bits per heavy atom. The lowest BCUT2D eigenvalue weighted by molar-refractivity contribution is -0.144. The Kier molecular flexibility index (Phi) is 25.8. The number of phenolic OH excluding ortho intramolecular Hbond substituents is 1. The molecule has 9 rings (SSSR count). The summed E-state index contributed by atoms with van der Waals surface area (Å²) in [5.41, 5.74) is 5.11. The molecule has 1 aromatic heterocycles. The van der Waals surface area contributed by atoms with Gasteiger partial charge in [0.05, 0.1) is 22.9 Å². The van der Waals surface area contributed by atoms with E-state index in [0.717, 1.165) is 27.6 Å². The molecule has 99 heavy (non-hydrogen) atoms. The van der Waals surface area contributed by atoms with Crippen molar-refractivity contribution in [3.63, 3.8) is 0 Å². The fourth-order valence-electron chi connectivity index (χ4n) is 13.1. The Hall–Kier alpha value is -9.60. The van der Waals surface area contributed by atoms with Gasteiger partial charge in [0.15, 0.2) is 11.6 Å². The summed E-state index contributed by atoms with van der Waals surface area (Å²) in [4.78, 5) is 140. The molecule has 522 valence electrons. The van der Waals surface area contributed by atoms with E-state index in [1.165, 1.54) is 31.0 Å². The van der Waals surface area contributed by atoms with E-state index < -0.39 is 107 Å². The molecule has 2 aliphatic heterocycles. The van der Waals surface area contributed by atoms with Gasteiger partial charge in [0.1, 0.15) is 23.4 Å². The van der Waals surface area contributed by atoms with Crippen LogP contribution in [0, 0.1) is 11.8 Å². The molecule has 0 saturated carbocycles. The zero-order chi connectivity index (χ0) is 70.6. The zero-order valence-corrected chi connectivity index (χ0v) is 57.8. The summed E-state index contributed by atoms with van der Waals surface area (Å²) < 4.78 is 4.78. The number of ketones is 2. The first kappa shape index (κ1) is 73.6. The highest BCUT2D eigenvalue weighted by atomic mass is 32.2. The number of nitrogens with one attached hydrogen (secondary N) is 5. The van der Waals surface area contributed by atoms with Crippen LogP contribution in [0.2, 0.25) is 0 Å². The zero-order valence-electron chi connectivity index (χ0n) is 57.0. The van der Waals surface area contributed by atoms with Crippen LogP contribution in [0.15, 0.2) is 176 Å². The normalized spacial score (nSPS) is 19.9. The molecule has 7 amide bonds. The van der Waals surface area contributed by atoms with Gasteiger partial charge in [-0.1, -0.05) is 158 Å². The van der Waals surface area contributed by atoms with E-state index >= 15 is 19.2 Å². The summed E-state index contributed by atoms with van der Waals surface area (Å²) in [6.45, 7) is 7.63. The third-order valence-electron chi connectivity index (χ3n) is 18.4. The molecular weight excluding hydrogens is 1270 g/mol. The van der Waals surface area contributed by atoms with Gasteiger partial charge in [0.25, 0.3) is 0 Å². The maximum atomic E-state index is 15.6. The number of fused-ring (bicyclic) bond motifs is 1. The van der Waals surface area contributed by atoms with Crippen molar-refractivity contribution in [2.75, 3.05) is 45.5 Å². The standard InChI is InChI=1S/C78H92N8O12S/c1-52(87)71-74(95)82-65(47-53-22-10-6-11-23-53)75(96)84(5)66(37-38-69(91)85-41-43-86(44-42-85)70(92)39-45-99-78(58-25-12-7-13-26-58,59-27-14-8-15-28-59)60-29-16-9-17-30-60)68(90)50-56(46-54-33-35-61(88)36-34-54)73(94)81-64(48-57-51-80-63-32-19-18-31-62(57)63)67(89)49-55(72(93)83-71)24-20-21-40-79-76(97)98-77(2,3)4/h6-19,22-23,25-36,51-52,55-56,64-66,71,80,87-88H,20-21,24,37-50H2,1-5H3,(H,79,97)(H,81,94)(H,82,95)(H,83,93)/t52-,55-,56-,64-,65+,66+,71+/m1/s1. The molecule has 7 atom stereocenters. The van der Waals surface area contributed by atoms with Gasteiger partial charge >= 0.3 is 6.09 Å². The van der Waals surface area contributed by atoms with Crippen molar-refractivity contribution in [2.24, 2.45) is 11.8 Å². The predicted octanol–water partition coefficient (Wildman–Crippen LogP) is 8.99. The average molecular weight is 1370 g/mol. The van der Waals surface area contributed by atoms with Crippen LogP contribution in [0.25, 0.3) is 10.9 Å². The number of likely N-dealkylation sites (N-methyl/N-ethyl adjacent to an activating group) is 1. The highest BCUT2D eigenvalue weighted by molar-refractivity contribution is 8.00. The van der Waals surface area contributed by atoms with Gasteiger partial charge in [0, 0.05) is 113 Å². The number of amides is 7. The summed E-state index contributed by atoms with van der Waals surface area (Å²) in [6.07, 6.45) is -1.09. The molecule has 21 heteroatoms. The van der Waals surface area contributed by atoms with Crippen molar-refractivity contribution in [1.29, 1.82) is 0 Å². The van der Waals surface area contributed by atoms with Gasteiger partial charge in [-0.15, -0.1) is 11.8 Å². The lowest BCUT2D eigenvalue weighted by atomic mass is 9.84. The number of benzene rings is 6. The smallest absolute Gasteiger partial charge is 0.407 e. The van der Waals surface area contributed by atoms with Crippen molar-refractivity contribution in [1.82, 2.24) is 41.0 Å². The number of phenols is 1. The number of para-hydroxylation sites is 1. The topological polar surface area (TPSA) is 277 Å². The van der Waals surface area contributed by atoms with Crippen LogP contribution in [-0.4, -0.2) is 164 Å². The van der Waals surface area contributed by atoms with E-state index in [9.17, 15) is 34.2 Å². The summed E-state index contributed by atoms with van der Waals surface area (Å²) in [6, 6.07) is 47.4. The number of hydrogen-bond donors (Lipinski definition) is 7. The highest BCUT2D eigenvalue weighted by Gasteiger charge is 2.41. The van der Waals surface area contributed by atoms with Gasteiger partial charge in [-0.3, -0.25) is 38.4 Å². The quantitative estimate of drug-likeness (QED) is 0.0247. The molecule has 6 aromatic carbocycles. The Morgan fingerprint density at radius 3 is 1.71 bits per heavy atom. The van der Waals surface area contributed by atoms with E-state index in [-0.39, 0.29) is 95.2 Å². The fourth-order valence-corrected chi connectivity index (χ4v) is 14.6. The largest absolute Gasteiger partial charge is 0.508 e. The number of aromatic hydroxyl groups is 1. The number of aliphatic hydroxyl groups is 1. The third kappa shape index (κ3) is 20.1. The van der Waals surface area contributed by atoms with Crippen LogP contribution in [0.5, 0.6) is 5.75 Å². The van der Waals surface area contributed by atoms with Crippen LogP contribution < -0.4 is 21.3 Å². The van der Waals surface area contributed by atoms with E-state index in [1.54, 1.807) is 91.0 Å². The first-order chi connectivity index (χ1) is 47.6. The van der Waals surface area contributed by atoms with Gasteiger partial charge in [-0.2, -0.15) is 0 Å². The predicted molar refractivity (Wildman–Crippen MR) is 381 cm³/mol. The minimum Gasteiger partial charge on any atom is -0.508 e. The fraction of sp³-hybridized carbons (Fsp3) is 0.397. The summed E-state index contributed by atoms with van der Waals surface area (Å²) in [5, 5.41) is 33.6. The first-order valence-corrected chi connectivity index (χ1v) is 35.2. The number of aromatic amines is 1. The van der Waals surface area contributed by atoms with Crippen molar-refractivity contribution in [3.05, 3.63) is 209 Å². The molecule has 0 spiro atoms. The molecule has 7 aromatic rings. The van der Waals surface area contributed by atoms with E-state index in [0.29, 0.717) is 35.3 Å². The van der Waals surface area contributed by atoms with E-state index in [4.69, 9.17) is 4.74 Å². The molecule has 0 unspecified atom stereocenters. The Bertz CT molecular complexity index is 3780. The molecule has 7 N–H and O–H groups in total. The van der Waals surface area contributed by atoms with Crippen molar-refractivity contribution < 1.29 is 58.1 Å². The van der Waals surface area contributed by atoms with Crippen molar-refractivity contribution in [3.8, 4) is 5.75 Å². The van der Waals surface area contributed by atoms with Crippen LogP contribution in [0.1, 0.15) is 112 Å². The van der Waals surface area contributed by atoms with Gasteiger partial charge < -0.3 is 55.9 Å². The molecule has 20 nitrogen and oxygen atoms in total. The number of carbonyl (C=O) groups excluding carboxylic acids is 9. The number of alkyl carbamates (subject to hydrolysis) is 1. The molecule has 0 radical (unpaired) electrons. The van der Waals surface area contributed by atoms with Crippen molar-refractivity contribution >= 4 is 75.8 Å². The average Bonchev–Trinajstić information content (AvgIpc) is 1.41. The van der Waals surface area contributed by atoms with Crippen LogP contribution >= 0.6 is 11.8 Å². The number of nitrogens with zero attached hydrogens (tertiary/aromatic N) is 3. The second-order valence-electron chi connectivity index (χ2n) is 26.8. The number of rotatable bonds is 22.